The Bertz CT molecular complexity index is 939. The summed E-state index contributed by atoms with van der Waals surface area (Å²) in [7, 11) is 0. The Hall–Kier alpha value is -2.57. The zero-order valence-electron chi connectivity index (χ0n) is 14.5. The molecular formula is C18H18FN5O2S. The number of carbonyl (C=O) groups is 1. The van der Waals surface area contributed by atoms with Gasteiger partial charge in [0.15, 0.2) is 0 Å². The molecule has 140 valence electrons. The molecule has 1 atom stereocenters. The van der Waals surface area contributed by atoms with Crippen molar-refractivity contribution >= 4 is 23.5 Å². The number of hydrogen-bond donors (Lipinski definition) is 2. The molecule has 1 unspecified atom stereocenters. The van der Waals surface area contributed by atoms with Crippen molar-refractivity contribution in [2.24, 2.45) is 0 Å². The van der Waals surface area contributed by atoms with Crippen LogP contribution < -0.4 is 5.32 Å². The van der Waals surface area contributed by atoms with Gasteiger partial charge in [-0.3, -0.25) is 4.68 Å². The molecule has 2 aromatic rings. The van der Waals surface area contributed by atoms with Crippen molar-refractivity contribution < 1.29 is 14.3 Å². The van der Waals surface area contributed by atoms with Crippen LogP contribution in [0.25, 0.3) is 0 Å². The van der Waals surface area contributed by atoms with Crippen LogP contribution in [0.4, 0.5) is 14.9 Å². The van der Waals surface area contributed by atoms with E-state index in [2.05, 4.69) is 10.4 Å². The van der Waals surface area contributed by atoms with Gasteiger partial charge in [-0.15, -0.1) is 11.8 Å². The third kappa shape index (κ3) is 3.50. The lowest BCUT2D eigenvalue weighted by Crippen LogP contribution is -2.38. The molecule has 2 N–H and O–H groups in total. The predicted molar refractivity (Wildman–Crippen MR) is 97.8 cm³/mol. The molecule has 0 saturated heterocycles. The number of aliphatic hydroxyl groups is 1. The summed E-state index contributed by atoms with van der Waals surface area (Å²) < 4.78 is 15.4. The average molecular weight is 387 g/mol. The van der Waals surface area contributed by atoms with Gasteiger partial charge in [0.2, 0.25) is 0 Å². The summed E-state index contributed by atoms with van der Waals surface area (Å²) in [6.07, 6.45) is 0.998. The van der Waals surface area contributed by atoms with Crippen molar-refractivity contribution in [3.05, 3.63) is 40.8 Å². The summed E-state index contributed by atoms with van der Waals surface area (Å²) >= 11 is 1.58. The molecule has 3 heterocycles. The zero-order valence-corrected chi connectivity index (χ0v) is 15.3. The Morgan fingerprint density at radius 1 is 1.44 bits per heavy atom. The number of amides is 2. The van der Waals surface area contributed by atoms with Crippen LogP contribution in [0.1, 0.15) is 23.2 Å². The lowest BCUT2D eigenvalue weighted by atomic mass is 10.1. The fraction of sp³-hybridized carbons (Fsp3) is 0.389. The number of aromatic nitrogens is 2. The van der Waals surface area contributed by atoms with Crippen LogP contribution >= 0.6 is 11.8 Å². The van der Waals surface area contributed by atoms with Crippen molar-refractivity contribution in [2.75, 3.05) is 17.6 Å². The van der Waals surface area contributed by atoms with Crippen LogP contribution in [0.2, 0.25) is 0 Å². The van der Waals surface area contributed by atoms with E-state index in [9.17, 15) is 14.3 Å². The monoisotopic (exact) mass is 387 g/mol. The quantitative estimate of drug-likeness (QED) is 0.783. The topological polar surface area (TPSA) is 94.2 Å². The maximum Gasteiger partial charge on any atom is 0.322 e. The molecule has 2 aliphatic heterocycles. The standard InChI is InChI=1S/C18H18FN5O2S/c19-15-2-1-12(7-11(15)8-20)21-18(26)23-5-4-16-14(9-23)17-24(22-16)6-3-13(25)10-27-17/h1-2,7,13,25H,3-6,9-10H2,(H,21,26). The zero-order chi connectivity index (χ0) is 19.0. The minimum Gasteiger partial charge on any atom is -0.392 e. The number of nitrogens with one attached hydrogen (secondary N) is 1. The van der Waals surface area contributed by atoms with E-state index < -0.39 is 5.82 Å². The number of benzene rings is 1. The molecule has 0 radical (unpaired) electrons. The molecular weight excluding hydrogens is 369 g/mol. The van der Waals surface area contributed by atoms with Gasteiger partial charge in [0.1, 0.15) is 11.9 Å². The maximum atomic E-state index is 13.4. The molecule has 4 rings (SSSR count). The van der Waals surface area contributed by atoms with Gasteiger partial charge in [0.25, 0.3) is 0 Å². The molecule has 1 aromatic carbocycles. The first-order valence-electron chi connectivity index (χ1n) is 8.70. The normalized spacial score (nSPS) is 18.9. The second-order valence-electron chi connectivity index (χ2n) is 6.62. The molecule has 0 fully saturated rings. The molecule has 2 amide bonds. The van der Waals surface area contributed by atoms with Crippen molar-refractivity contribution in [1.82, 2.24) is 14.7 Å². The number of carbonyl (C=O) groups excluding carboxylic acids is 1. The van der Waals surface area contributed by atoms with E-state index >= 15 is 0 Å². The molecule has 0 aliphatic carbocycles. The van der Waals surface area contributed by atoms with Crippen LogP contribution in [0.3, 0.4) is 0 Å². The van der Waals surface area contributed by atoms with E-state index in [0.29, 0.717) is 43.9 Å². The van der Waals surface area contributed by atoms with Crippen LogP contribution in [-0.4, -0.2) is 44.2 Å². The summed E-state index contributed by atoms with van der Waals surface area (Å²) in [4.78, 5) is 14.3. The average Bonchev–Trinajstić information content (AvgIpc) is 2.92. The number of aryl methyl sites for hydroxylation is 1. The number of aliphatic hydroxyl groups excluding tert-OH is 1. The highest BCUT2D eigenvalue weighted by Gasteiger charge is 2.29. The second-order valence-corrected chi connectivity index (χ2v) is 7.62. The largest absolute Gasteiger partial charge is 0.392 e. The smallest absolute Gasteiger partial charge is 0.322 e. The first-order valence-corrected chi connectivity index (χ1v) is 9.68. The Balaban J connectivity index is 1.50. The summed E-state index contributed by atoms with van der Waals surface area (Å²) in [5.41, 5.74) is 2.32. The Kier molecular flexibility index (Phi) is 4.76. The van der Waals surface area contributed by atoms with Gasteiger partial charge in [-0.1, -0.05) is 0 Å². The molecule has 0 bridgehead atoms. The van der Waals surface area contributed by atoms with Gasteiger partial charge in [0, 0.05) is 36.5 Å². The molecule has 7 nitrogen and oxygen atoms in total. The highest BCUT2D eigenvalue weighted by molar-refractivity contribution is 7.99. The van der Waals surface area contributed by atoms with Crippen LogP contribution in [0, 0.1) is 17.1 Å². The highest BCUT2D eigenvalue weighted by atomic mass is 32.2. The number of fused-ring (bicyclic) bond motifs is 3. The number of hydrogen-bond acceptors (Lipinski definition) is 5. The van der Waals surface area contributed by atoms with Gasteiger partial charge in [-0.05, 0) is 24.6 Å². The van der Waals surface area contributed by atoms with E-state index in [1.54, 1.807) is 22.7 Å². The van der Waals surface area contributed by atoms with Crippen LogP contribution in [0.15, 0.2) is 23.2 Å². The van der Waals surface area contributed by atoms with Gasteiger partial charge in [-0.2, -0.15) is 10.4 Å². The Labute approximate surface area is 159 Å². The Morgan fingerprint density at radius 2 is 2.30 bits per heavy atom. The van der Waals surface area contributed by atoms with Crippen molar-refractivity contribution in [3.8, 4) is 6.07 Å². The fourth-order valence-electron chi connectivity index (χ4n) is 3.31. The van der Waals surface area contributed by atoms with E-state index in [-0.39, 0.29) is 17.7 Å². The fourth-order valence-corrected chi connectivity index (χ4v) is 4.46. The van der Waals surface area contributed by atoms with Gasteiger partial charge >= 0.3 is 6.03 Å². The van der Waals surface area contributed by atoms with E-state index in [4.69, 9.17) is 5.26 Å². The predicted octanol–water partition coefficient (Wildman–Crippen LogP) is 2.34. The third-order valence-electron chi connectivity index (χ3n) is 4.76. The Morgan fingerprint density at radius 3 is 3.11 bits per heavy atom. The number of halogens is 1. The molecule has 0 spiro atoms. The number of anilines is 1. The number of rotatable bonds is 1. The summed E-state index contributed by atoms with van der Waals surface area (Å²) in [6, 6.07) is 5.40. The van der Waals surface area contributed by atoms with Gasteiger partial charge < -0.3 is 15.3 Å². The number of nitrogens with zero attached hydrogens (tertiary/aromatic N) is 4. The molecule has 0 saturated carbocycles. The van der Waals surface area contributed by atoms with Gasteiger partial charge in [0.05, 0.1) is 28.9 Å². The van der Waals surface area contributed by atoms with Crippen molar-refractivity contribution in [1.29, 1.82) is 5.26 Å². The van der Waals surface area contributed by atoms with E-state index in [1.165, 1.54) is 18.2 Å². The molecule has 2 aliphatic rings. The third-order valence-corrected chi connectivity index (χ3v) is 6.04. The molecule has 27 heavy (non-hydrogen) atoms. The lowest BCUT2D eigenvalue weighted by Gasteiger charge is -2.27. The minimum absolute atomic E-state index is 0.106. The first kappa shape index (κ1) is 17.8. The highest BCUT2D eigenvalue weighted by Crippen LogP contribution is 2.33. The second kappa shape index (κ2) is 7.21. The van der Waals surface area contributed by atoms with Crippen molar-refractivity contribution in [3.63, 3.8) is 0 Å². The maximum absolute atomic E-state index is 13.4. The number of nitriles is 1. The van der Waals surface area contributed by atoms with Crippen molar-refractivity contribution in [2.45, 2.75) is 37.1 Å². The van der Waals surface area contributed by atoms with Crippen LogP contribution in [0.5, 0.6) is 0 Å². The summed E-state index contributed by atoms with van der Waals surface area (Å²) in [5.74, 6) is 0.0107. The summed E-state index contributed by atoms with van der Waals surface area (Å²) in [6.45, 7) is 1.65. The first-order chi connectivity index (χ1) is 13.0. The van der Waals surface area contributed by atoms with Gasteiger partial charge in [-0.25, -0.2) is 9.18 Å². The number of thioether (sulfide) groups is 1. The lowest BCUT2D eigenvalue weighted by molar-refractivity contribution is 0.182. The minimum atomic E-state index is -0.611. The van der Waals surface area contributed by atoms with E-state index in [1.807, 2.05) is 4.68 Å². The number of urea groups is 1. The van der Waals surface area contributed by atoms with E-state index in [0.717, 1.165) is 16.3 Å². The SMILES string of the molecule is N#Cc1cc(NC(=O)N2CCc3nn4c(c3C2)SCC(O)CC4)ccc1F. The van der Waals surface area contributed by atoms with Crippen LogP contribution in [-0.2, 0) is 19.5 Å². The summed E-state index contributed by atoms with van der Waals surface area (Å²) in [5, 5.41) is 27.2. The molecule has 1 aromatic heterocycles. The molecule has 9 heteroatoms.